The van der Waals surface area contributed by atoms with Gasteiger partial charge in [-0.1, -0.05) is 35.3 Å². The number of alkyl halides is 2. The van der Waals surface area contributed by atoms with Crippen molar-refractivity contribution >= 4 is 29.0 Å². The minimum absolute atomic E-state index is 0.360. The Kier molecular flexibility index (Phi) is 2.18. The molecule has 2 N–H and O–H groups in total. The van der Waals surface area contributed by atoms with Crippen molar-refractivity contribution < 1.29 is 9.53 Å². The van der Waals surface area contributed by atoms with Crippen LogP contribution in [0.25, 0.3) is 0 Å². The summed E-state index contributed by atoms with van der Waals surface area (Å²) in [5, 5.41) is 0. The minimum atomic E-state index is -1.70. The van der Waals surface area contributed by atoms with Gasteiger partial charge in [-0.25, -0.2) is 0 Å². The number of fused-ring (bicyclic) bond motifs is 1. The number of ketones is 1. The van der Waals surface area contributed by atoms with Crippen LogP contribution in [0.5, 0.6) is 5.75 Å². The summed E-state index contributed by atoms with van der Waals surface area (Å²) in [6.45, 7) is 0. The van der Waals surface area contributed by atoms with Crippen LogP contribution in [-0.4, -0.2) is 16.3 Å². The van der Waals surface area contributed by atoms with Crippen LogP contribution in [0.2, 0.25) is 0 Å². The zero-order valence-corrected chi connectivity index (χ0v) is 8.55. The third-order valence-electron chi connectivity index (χ3n) is 2.05. The minimum Gasteiger partial charge on any atom is -0.471 e. The molecule has 0 bridgehead atoms. The number of hydrogen-bond donors (Lipinski definition) is 1. The van der Waals surface area contributed by atoms with Gasteiger partial charge in [0.25, 0.3) is 0 Å². The molecule has 2 rings (SSSR count). The van der Waals surface area contributed by atoms with Gasteiger partial charge in [0.15, 0.2) is 6.23 Å². The molecule has 1 heterocycles. The van der Waals surface area contributed by atoms with E-state index in [0.717, 1.165) is 0 Å². The molecule has 74 valence electrons. The number of benzene rings is 1. The van der Waals surface area contributed by atoms with Gasteiger partial charge in [0.2, 0.25) is 10.1 Å². The molecule has 0 saturated carbocycles. The standard InChI is InChI=1S/C9H7Cl2NO2/c10-9(11)7(13)5-3-1-2-4-6(5)14-8(9)12/h1-4,8H,12H2. The molecule has 1 unspecified atom stereocenters. The van der Waals surface area contributed by atoms with Crippen LogP contribution in [0.1, 0.15) is 10.4 Å². The van der Waals surface area contributed by atoms with Gasteiger partial charge in [-0.05, 0) is 12.1 Å². The van der Waals surface area contributed by atoms with Gasteiger partial charge in [0.05, 0.1) is 5.56 Å². The average molecular weight is 232 g/mol. The van der Waals surface area contributed by atoms with Crippen LogP contribution in [0.4, 0.5) is 0 Å². The van der Waals surface area contributed by atoms with E-state index in [0.29, 0.717) is 11.3 Å². The van der Waals surface area contributed by atoms with Crippen molar-refractivity contribution in [3.05, 3.63) is 29.8 Å². The quantitative estimate of drug-likeness (QED) is 0.693. The van der Waals surface area contributed by atoms with Crippen molar-refractivity contribution in [3.8, 4) is 5.75 Å². The van der Waals surface area contributed by atoms with Crippen LogP contribution in [0.3, 0.4) is 0 Å². The maximum Gasteiger partial charge on any atom is 0.230 e. The Morgan fingerprint density at radius 1 is 1.36 bits per heavy atom. The highest BCUT2D eigenvalue weighted by atomic mass is 35.5. The zero-order valence-electron chi connectivity index (χ0n) is 7.04. The number of ether oxygens (including phenoxy) is 1. The fourth-order valence-electron chi connectivity index (χ4n) is 1.28. The lowest BCUT2D eigenvalue weighted by atomic mass is 10.0. The molecule has 0 fully saturated rings. The lowest BCUT2D eigenvalue weighted by Gasteiger charge is -2.31. The Labute approximate surface area is 90.7 Å². The fraction of sp³-hybridized carbons (Fsp3) is 0.222. The average Bonchev–Trinajstić information content (AvgIpc) is 2.15. The number of rotatable bonds is 0. The normalized spacial score (nSPS) is 23.9. The number of carbonyl (C=O) groups is 1. The van der Waals surface area contributed by atoms with E-state index >= 15 is 0 Å². The van der Waals surface area contributed by atoms with E-state index in [-0.39, 0.29) is 0 Å². The fourth-order valence-corrected chi connectivity index (χ4v) is 1.57. The number of para-hydroxylation sites is 1. The topological polar surface area (TPSA) is 52.3 Å². The Balaban J connectivity index is 2.55. The van der Waals surface area contributed by atoms with E-state index in [2.05, 4.69) is 0 Å². The summed E-state index contributed by atoms with van der Waals surface area (Å²) in [6, 6.07) is 6.70. The molecule has 5 heteroatoms. The predicted octanol–water partition coefficient (Wildman–Crippen LogP) is 1.72. The van der Waals surface area contributed by atoms with E-state index in [9.17, 15) is 4.79 Å². The van der Waals surface area contributed by atoms with Crippen LogP contribution in [-0.2, 0) is 0 Å². The highest BCUT2D eigenvalue weighted by molar-refractivity contribution is 6.60. The molecule has 0 saturated heterocycles. The molecule has 1 aliphatic heterocycles. The summed E-state index contributed by atoms with van der Waals surface area (Å²) >= 11 is 11.5. The van der Waals surface area contributed by atoms with E-state index in [4.69, 9.17) is 33.7 Å². The molecule has 1 atom stereocenters. The number of carbonyl (C=O) groups excluding carboxylic acids is 1. The van der Waals surface area contributed by atoms with Gasteiger partial charge < -0.3 is 4.74 Å². The Morgan fingerprint density at radius 3 is 2.71 bits per heavy atom. The molecule has 14 heavy (non-hydrogen) atoms. The first-order valence-corrected chi connectivity index (χ1v) is 4.73. The Morgan fingerprint density at radius 2 is 2.00 bits per heavy atom. The van der Waals surface area contributed by atoms with Crippen LogP contribution >= 0.6 is 23.2 Å². The highest BCUT2D eigenvalue weighted by Crippen LogP contribution is 2.37. The molecule has 0 aromatic heterocycles. The van der Waals surface area contributed by atoms with Gasteiger partial charge in [0.1, 0.15) is 5.75 Å². The first kappa shape index (κ1) is 9.77. The maximum atomic E-state index is 11.7. The first-order valence-electron chi connectivity index (χ1n) is 3.97. The molecule has 0 spiro atoms. The number of nitrogens with two attached hydrogens (primary N) is 1. The predicted molar refractivity (Wildman–Crippen MR) is 53.8 cm³/mol. The molecule has 0 amide bonds. The van der Waals surface area contributed by atoms with Crippen molar-refractivity contribution in [2.45, 2.75) is 10.6 Å². The largest absolute Gasteiger partial charge is 0.471 e. The highest BCUT2D eigenvalue weighted by Gasteiger charge is 2.47. The van der Waals surface area contributed by atoms with E-state index < -0.39 is 16.3 Å². The van der Waals surface area contributed by atoms with Crippen LogP contribution in [0.15, 0.2) is 24.3 Å². The second kappa shape index (κ2) is 3.12. The van der Waals surface area contributed by atoms with Gasteiger partial charge >= 0.3 is 0 Å². The third kappa shape index (κ3) is 1.29. The summed E-state index contributed by atoms with van der Waals surface area (Å²) < 4.78 is 3.51. The molecule has 0 aliphatic carbocycles. The smallest absolute Gasteiger partial charge is 0.230 e. The van der Waals surface area contributed by atoms with E-state index in [1.54, 1.807) is 24.3 Å². The molecule has 0 radical (unpaired) electrons. The zero-order chi connectivity index (χ0) is 10.3. The second-order valence-corrected chi connectivity index (χ2v) is 4.37. The lowest BCUT2D eigenvalue weighted by molar-refractivity contribution is 0.0831. The first-order chi connectivity index (χ1) is 6.53. The Hall–Kier alpha value is -0.770. The summed E-state index contributed by atoms with van der Waals surface area (Å²) in [6.07, 6.45) is -1.03. The number of hydrogen-bond acceptors (Lipinski definition) is 3. The molecule has 1 aliphatic rings. The van der Waals surface area contributed by atoms with Gasteiger partial charge in [-0.2, -0.15) is 0 Å². The van der Waals surface area contributed by atoms with Crippen molar-refractivity contribution in [3.63, 3.8) is 0 Å². The lowest BCUT2D eigenvalue weighted by Crippen LogP contribution is -2.52. The molecular weight excluding hydrogens is 225 g/mol. The number of Topliss-reactive ketones (excluding diaryl/α,β-unsaturated/α-hetero) is 1. The van der Waals surface area contributed by atoms with Crippen LogP contribution in [0, 0.1) is 0 Å². The van der Waals surface area contributed by atoms with Crippen molar-refractivity contribution in [2.75, 3.05) is 0 Å². The molecular formula is C9H7Cl2NO2. The maximum absolute atomic E-state index is 11.7. The molecule has 1 aromatic carbocycles. The van der Waals surface area contributed by atoms with Crippen molar-refractivity contribution in [2.24, 2.45) is 5.73 Å². The van der Waals surface area contributed by atoms with E-state index in [1.807, 2.05) is 0 Å². The summed E-state index contributed by atoms with van der Waals surface area (Å²) in [4.78, 5) is 11.7. The SMILES string of the molecule is NC1Oc2ccccc2C(=O)C1(Cl)Cl. The second-order valence-electron chi connectivity index (χ2n) is 2.99. The van der Waals surface area contributed by atoms with Crippen molar-refractivity contribution in [1.29, 1.82) is 0 Å². The van der Waals surface area contributed by atoms with Gasteiger partial charge in [0, 0.05) is 0 Å². The number of halogens is 2. The van der Waals surface area contributed by atoms with Crippen LogP contribution < -0.4 is 10.5 Å². The molecule has 1 aromatic rings. The Bertz CT molecular complexity index is 392. The summed E-state index contributed by atoms with van der Waals surface area (Å²) in [5.74, 6) is -0.00268. The van der Waals surface area contributed by atoms with Crippen molar-refractivity contribution in [1.82, 2.24) is 0 Å². The third-order valence-corrected chi connectivity index (χ3v) is 2.82. The van der Waals surface area contributed by atoms with E-state index in [1.165, 1.54) is 0 Å². The van der Waals surface area contributed by atoms with Gasteiger partial charge in [-0.15, -0.1) is 0 Å². The monoisotopic (exact) mass is 231 g/mol. The summed E-state index contributed by atoms with van der Waals surface area (Å²) in [7, 11) is 0. The molecule has 3 nitrogen and oxygen atoms in total. The van der Waals surface area contributed by atoms with Gasteiger partial charge in [-0.3, -0.25) is 10.5 Å². The summed E-state index contributed by atoms with van der Waals surface area (Å²) in [5.41, 5.74) is 5.87.